The van der Waals surface area contributed by atoms with Gasteiger partial charge in [-0.25, -0.2) is 8.78 Å². The molecule has 0 aliphatic carbocycles. The fraction of sp³-hybridized carbons (Fsp3) is 0.278. The number of rotatable bonds is 6. The quantitative estimate of drug-likeness (QED) is 0.754. The van der Waals surface area contributed by atoms with Gasteiger partial charge in [0.2, 0.25) is 0 Å². The third kappa shape index (κ3) is 3.91. The molecule has 1 aliphatic rings. The largest absolute Gasteiger partial charge is 0.586 e. The average Bonchev–Trinajstić information content (AvgIpc) is 2.87. The number of alkyl halides is 2. The van der Waals surface area contributed by atoms with Crippen molar-refractivity contribution in [1.82, 2.24) is 0 Å². The lowest BCUT2D eigenvalue weighted by molar-refractivity contribution is -0.286. The molecule has 3 rings (SSSR count). The van der Waals surface area contributed by atoms with E-state index in [-0.39, 0.29) is 47.7 Å². The first-order chi connectivity index (χ1) is 12.7. The number of hydrogen-bond donors (Lipinski definition) is 1. The summed E-state index contributed by atoms with van der Waals surface area (Å²) in [5.41, 5.74) is -0.271. The molecule has 27 heavy (non-hydrogen) atoms. The van der Waals surface area contributed by atoms with E-state index in [0.29, 0.717) is 0 Å². The minimum atomic E-state index is -3.85. The van der Waals surface area contributed by atoms with E-state index in [1.54, 1.807) is 0 Å². The molecule has 9 heteroatoms. The SMILES string of the molecule is CN(CCCC(=O)O)c1c(F)cc(-c2cccc3c2OC(F)(F)O3)cc1F. The molecule has 0 bridgehead atoms. The fourth-order valence-corrected chi connectivity index (χ4v) is 2.86. The van der Waals surface area contributed by atoms with Crippen LogP contribution < -0.4 is 14.4 Å². The van der Waals surface area contributed by atoms with Crippen LogP contribution in [0.5, 0.6) is 11.5 Å². The van der Waals surface area contributed by atoms with Crippen molar-refractivity contribution in [3.63, 3.8) is 0 Å². The summed E-state index contributed by atoms with van der Waals surface area (Å²) in [4.78, 5) is 11.8. The van der Waals surface area contributed by atoms with Crippen molar-refractivity contribution in [1.29, 1.82) is 0 Å². The Morgan fingerprint density at radius 3 is 2.48 bits per heavy atom. The summed E-state index contributed by atoms with van der Waals surface area (Å²) in [6.07, 6.45) is -3.77. The Labute approximate surface area is 151 Å². The number of carboxylic acid groups (broad SMARTS) is 1. The summed E-state index contributed by atoms with van der Waals surface area (Å²) in [5, 5.41) is 8.64. The molecule has 1 N–H and O–H groups in total. The van der Waals surface area contributed by atoms with Gasteiger partial charge in [0.1, 0.15) is 17.3 Å². The molecule has 0 unspecified atom stereocenters. The Morgan fingerprint density at radius 2 is 1.85 bits per heavy atom. The van der Waals surface area contributed by atoms with Gasteiger partial charge in [-0.05, 0) is 30.2 Å². The molecule has 0 radical (unpaired) electrons. The number of fused-ring (bicyclic) bond motifs is 1. The molecule has 2 aromatic rings. The molecule has 0 spiro atoms. The second-order valence-corrected chi connectivity index (χ2v) is 6.01. The summed E-state index contributed by atoms with van der Waals surface area (Å²) in [6.45, 7) is 0.128. The molecule has 1 aliphatic heterocycles. The first-order valence-corrected chi connectivity index (χ1v) is 7.99. The zero-order valence-electron chi connectivity index (χ0n) is 14.1. The molecule has 0 aromatic heterocycles. The summed E-state index contributed by atoms with van der Waals surface area (Å²) < 4.78 is 64.4. The van der Waals surface area contributed by atoms with Crippen molar-refractivity contribution in [2.45, 2.75) is 19.1 Å². The van der Waals surface area contributed by atoms with Crippen molar-refractivity contribution in [3.05, 3.63) is 42.0 Å². The Kier molecular flexibility index (Phi) is 4.86. The van der Waals surface area contributed by atoms with Crippen LogP contribution in [0.2, 0.25) is 0 Å². The van der Waals surface area contributed by atoms with E-state index in [1.165, 1.54) is 30.1 Å². The Bertz CT molecular complexity index is 865. The number of carboxylic acids is 1. The number of anilines is 1. The number of aliphatic carboxylic acids is 1. The lowest BCUT2D eigenvalue weighted by Gasteiger charge is -2.21. The number of benzene rings is 2. The van der Waals surface area contributed by atoms with E-state index in [2.05, 4.69) is 9.47 Å². The Hall–Kier alpha value is -2.97. The van der Waals surface area contributed by atoms with Gasteiger partial charge in [0.05, 0.1) is 0 Å². The van der Waals surface area contributed by atoms with E-state index in [9.17, 15) is 22.4 Å². The first kappa shape index (κ1) is 18.8. The van der Waals surface area contributed by atoms with E-state index in [4.69, 9.17) is 5.11 Å². The van der Waals surface area contributed by atoms with Crippen molar-refractivity contribution in [3.8, 4) is 22.6 Å². The van der Waals surface area contributed by atoms with Crippen LogP contribution in [-0.2, 0) is 4.79 Å². The molecule has 0 fully saturated rings. The normalized spacial score (nSPS) is 14.3. The molecule has 0 saturated heterocycles. The minimum Gasteiger partial charge on any atom is -0.481 e. The van der Waals surface area contributed by atoms with Crippen molar-refractivity contribution < 1.29 is 36.9 Å². The van der Waals surface area contributed by atoms with Crippen LogP contribution >= 0.6 is 0 Å². The summed E-state index contributed by atoms with van der Waals surface area (Å²) in [5.74, 6) is -3.36. The number of para-hydroxylation sites is 1. The van der Waals surface area contributed by atoms with Gasteiger partial charge >= 0.3 is 12.3 Å². The number of halogens is 4. The lowest BCUT2D eigenvalue weighted by atomic mass is 10.0. The fourth-order valence-electron chi connectivity index (χ4n) is 2.86. The van der Waals surface area contributed by atoms with Gasteiger partial charge in [0.25, 0.3) is 0 Å². The molecular weight excluding hydrogens is 370 g/mol. The third-order valence-corrected chi connectivity index (χ3v) is 4.02. The van der Waals surface area contributed by atoms with Gasteiger partial charge in [-0.15, -0.1) is 8.78 Å². The smallest absolute Gasteiger partial charge is 0.481 e. The predicted octanol–water partition coefficient (Wildman–Crippen LogP) is 4.25. The monoisotopic (exact) mass is 385 g/mol. The lowest BCUT2D eigenvalue weighted by Crippen LogP contribution is -2.26. The Morgan fingerprint density at radius 1 is 1.19 bits per heavy atom. The highest BCUT2D eigenvalue weighted by Crippen LogP contribution is 2.47. The second kappa shape index (κ2) is 6.98. The van der Waals surface area contributed by atoms with Gasteiger partial charge in [-0.1, -0.05) is 12.1 Å². The topological polar surface area (TPSA) is 59.0 Å². The van der Waals surface area contributed by atoms with Gasteiger partial charge in [0, 0.05) is 25.6 Å². The molecule has 0 atom stereocenters. The first-order valence-electron chi connectivity index (χ1n) is 7.99. The zero-order valence-corrected chi connectivity index (χ0v) is 14.1. The molecule has 0 amide bonds. The number of ether oxygens (including phenoxy) is 2. The summed E-state index contributed by atoms with van der Waals surface area (Å²) in [7, 11) is 1.43. The van der Waals surface area contributed by atoms with E-state index >= 15 is 0 Å². The number of nitrogens with zero attached hydrogens (tertiary/aromatic N) is 1. The van der Waals surface area contributed by atoms with Crippen LogP contribution in [0.4, 0.5) is 23.2 Å². The highest BCUT2D eigenvalue weighted by atomic mass is 19.3. The van der Waals surface area contributed by atoms with E-state index < -0.39 is 23.9 Å². The molecule has 144 valence electrons. The maximum atomic E-state index is 14.5. The maximum absolute atomic E-state index is 14.5. The van der Waals surface area contributed by atoms with Gasteiger partial charge < -0.3 is 19.5 Å². The zero-order chi connectivity index (χ0) is 19.8. The molecule has 2 aromatic carbocycles. The van der Waals surface area contributed by atoms with Crippen LogP contribution in [0.1, 0.15) is 12.8 Å². The molecule has 5 nitrogen and oxygen atoms in total. The third-order valence-electron chi connectivity index (χ3n) is 4.02. The number of hydrogen-bond acceptors (Lipinski definition) is 4. The van der Waals surface area contributed by atoms with Crippen LogP contribution in [0.25, 0.3) is 11.1 Å². The van der Waals surface area contributed by atoms with Crippen LogP contribution in [0.3, 0.4) is 0 Å². The highest BCUT2D eigenvalue weighted by Gasteiger charge is 2.44. The predicted molar refractivity (Wildman–Crippen MR) is 88.1 cm³/mol. The van der Waals surface area contributed by atoms with Crippen molar-refractivity contribution in [2.75, 3.05) is 18.5 Å². The van der Waals surface area contributed by atoms with Crippen molar-refractivity contribution >= 4 is 11.7 Å². The van der Waals surface area contributed by atoms with Crippen molar-refractivity contribution in [2.24, 2.45) is 0 Å². The van der Waals surface area contributed by atoms with Crippen LogP contribution in [0.15, 0.2) is 30.3 Å². The van der Waals surface area contributed by atoms with E-state index in [1.807, 2.05) is 0 Å². The Balaban J connectivity index is 1.91. The molecule has 1 heterocycles. The highest BCUT2D eigenvalue weighted by molar-refractivity contribution is 5.76. The van der Waals surface area contributed by atoms with Gasteiger partial charge in [0.15, 0.2) is 11.5 Å². The summed E-state index contributed by atoms with van der Waals surface area (Å²) >= 11 is 0. The molecule has 0 saturated carbocycles. The van der Waals surface area contributed by atoms with Gasteiger partial charge in [-0.2, -0.15) is 0 Å². The maximum Gasteiger partial charge on any atom is 0.586 e. The number of carbonyl (C=O) groups is 1. The second-order valence-electron chi connectivity index (χ2n) is 6.01. The van der Waals surface area contributed by atoms with Crippen LogP contribution in [0, 0.1) is 11.6 Å². The minimum absolute atomic E-state index is 0.00540. The standard InChI is InChI=1S/C18H15F4NO4/c1-23(7-3-6-15(24)25)16-12(19)8-10(9-13(16)20)11-4-2-5-14-17(11)27-18(21,22)26-14/h2,4-5,8-9H,3,6-7H2,1H3,(H,24,25). The summed E-state index contributed by atoms with van der Waals surface area (Å²) in [6, 6.07) is 6.05. The average molecular weight is 385 g/mol. The van der Waals surface area contributed by atoms with Crippen LogP contribution in [-0.4, -0.2) is 31.0 Å². The van der Waals surface area contributed by atoms with Gasteiger partial charge in [-0.3, -0.25) is 4.79 Å². The van der Waals surface area contributed by atoms with E-state index in [0.717, 1.165) is 12.1 Å². The molecular formula is C18H15F4NO4.